The lowest BCUT2D eigenvalue weighted by molar-refractivity contribution is -0.123. The Hall–Kier alpha value is -1.89. The van der Waals surface area contributed by atoms with Crippen molar-refractivity contribution in [2.24, 2.45) is 11.5 Å². The third kappa shape index (κ3) is 3.85. The predicted octanol–water partition coefficient (Wildman–Crippen LogP) is -0.152. The molecule has 7 heteroatoms. The van der Waals surface area contributed by atoms with Crippen LogP contribution in [0.5, 0.6) is 0 Å². The number of nitrogens with two attached hydrogens (primary N) is 2. The molecule has 0 saturated heterocycles. The van der Waals surface area contributed by atoms with Crippen LogP contribution >= 0.6 is 0 Å². The van der Waals surface area contributed by atoms with Crippen LogP contribution in [0.2, 0.25) is 0 Å². The number of hydrogen-bond donors (Lipinski definition) is 4. The van der Waals surface area contributed by atoms with Crippen LogP contribution in [-0.4, -0.2) is 28.1 Å². The SMILES string of the molecule is CC(C)(C)c1cc(NC(=O)C(N)CC(N)=O)n[nH]1. The topological polar surface area (TPSA) is 127 Å². The van der Waals surface area contributed by atoms with Gasteiger partial charge in [0.25, 0.3) is 0 Å². The van der Waals surface area contributed by atoms with Crippen LogP contribution < -0.4 is 16.8 Å². The average molecular weight is 253 g/mol. The van der Waals surface area contributed by atoms with Crippen LogP contribution in [-0.2, 0) is 15.0 Å². The van der Waals surface area contributed by atoms with Crippen molar-refractivity contribution in [3.63, 3.8) is 0 Å². The summed E-state index contributed by atoms with van der Waals surface area (Å²) in [5.74, 6) is -0.722. The molecule has 6 N–H and O–H groups in total. The monoisotopic (exact) mass is 253 g/mol. The van der Waals surface area contributed by atoms with Crippen LogP contribution in [0, 0.1) is 0 Å². The van der Waals surface area contributed by atoms with Gasteiger partial charge >= 0.3 is 0 Å². The molecule has 0 bridgehead atoms. The van der Waals surface area contributed by atoms with Gasteiger partial charge in [-0.1, -0.05) is 20.8 Å². The van der Waals surface area contributed by atoms with Crippen molar-refractivity contribution in [2.75, 3.05) is 5.32 Å². The summed E-state index contributed by atoms with van der Waals surface area (Å²) in [5.41, 5.74) is 11.3. The van der Waals surface area contributed by atoms with E-state index in [-0.39, 0.29) is 11.8 Å². The molecule has 1 aromatic heterocycles. The summed E-state index contributed by atoms with van der Waals surface area (Å²) in [6.07, 6.45) is -0.192. The fraction of sp³-hybridized carbons (Fsp3) is 0.545. The molecule has 1 unspecified atom stereocenters. The van der Waals surface area contributed by atoms with E-state index in [0.29, 0.717) is 5.82 Å². The van der Waals surface area contributed by atoms with Crippen molar-refractivity contribution in [2.45, 2.75) is 38.6 Å². The Morgan fingerprint density at radius 3 is 2.56 bits per heavy atom. The van der Waals surface area contributed by atoms with E-state index in [1.165, 1.54) is 0 Å². The van der Waals surface area contributed by atoms with Gasteiger partial charge in [-0.15, -0.1) is 0 Å². The molecule has 1 atom stereocenters. The minimum atomic E-state index is -0.961. The van der Waals surface area contributed by atoms with Gasteiger partial charge in [-0.2, -0.15) is 5.10 Å². The highest BCUT2D eigenvalue weighted by molar-refractivity contribution is 5.96. The third-order valence-electron chi connectivity index (χ3n) is 2.40. The predicted molar refractivity (Wildman–Crippen MR) is 67.7 cm³/mol. The Bertz CT molecular complexity index is 447. The summed E-state index contributed by atoms with van der Waals surface area (Å²) in [6, 6.07) is 0.770. The second kappa shape index (κ2) is 5.18. The maximum absolute atomic E-state index is 11.6. The maximum atomic E-state index is 11.6. The summed E-state index contributed by atoms with van der Waals surface area (Å²) in [4.78, 5) is 22.3. The molecule has 0 saturated carbocycles. The van der Waals surface area contributed by atoms with Gasteiger partial charge in [0.1, 0.15) is 0 Å². The Balaban J connectivity index is 2.65. The van der Waals surface area contributed by atoms with Crippen molar-refractivity contribution >= 4 is 17.6 Å². The minimum absolute atomic E-state index is 0.0919. The third-order valence-corrected chi connectivity index (χ3v) is 2.40. The number of aromatic amines is 1. The van der Waals surface area contributed by atoms with Gasteiger partial charge in [-0.05, 0) is 0 Å². The first-order chi connectivity index (χ1) is 8.20. The van der Waals surface area contributed by atoms with Crippen molar-refractivity contribution in [1.82, 2.24) is 10.2 Å². The summed E-state index contributed by atoms with van der Waals surface area (Å²) in [6.45, 7) is 6.06. The van der Waals surface area contributed by atoms with Gasteiger partial charge in [0, 0.05) is 17.2 Å². The van der Waals surface area contributed by atoms with Gasteiger partial charge in [0.15, 0.2) is 5.82 Å². The van der Waals surface area contributed by atoms with Crippen LogP contribution in [0.3, 0.4) is 0 Å². The Labute approximate surface area is 105 Å². The van der Waals surface area contributed by atoms with Gasteiger partial charge < -0.3 is 16.8 Å². The van der Waals surface area contributed by atoms with E-state index in [1.807, 2.05) is 20.8 Å². The molecule has 0 spiro atoms. The van der Waals surface area contributed by atoms with Crippen molar-refractivity contribution in [3.8, 4) is 0 Å². The number of hydrogen-bond acceptors (Lipinski definition) is 4. The summed E-state index contributed by atoms with van der Waals surface area (Å²) in [5, 5.41) is 9.31. The fourth-order valence-electron chi connectivity index (χ4n) is 1.30. The second-order valence-electron chi connectivity index (χ2n) is 5.18. The molecule has 0 aliphatic rings. The largest absolute Gasteiger partial charge is 0.370 e. The molecular formula is C11H19N5O2. The molecule has 7 nitrogen and oxygen atoms in total. The van der Waals surface area contributed by atoms with E-state index in [4.69, 9.17) is 11.5 Å². The first kappa shape index (κ1) is 14.2. The van der Waals surface area contributed by atoms with Crippen molar-refractivity contribution in [3.05, 3.63) is 11.8 Å². The quantitative estimate of drug-likeness (QED) is 0.595. The molecule has 0 fully saturated rings. The van der Waals surface area contributed by atoms with Gasteiger partial charge in [-0.3, -0.25) is 14.7 Å². The lowest BCUT2D eigenvalue weighted by Gasteiger charge is -2.14. The number of aromatic nitrogens is 2. The number of carbonyl (C=O) groups excluding carboxylic acids is 2. The smallest absolute Gasteiger partial charge is 0.243 e. The molecule has 0 aromatic carbocycles. The summed E-state index contributed by atoms with van der Waals surface area (Å²) < 4.78 is 0. The number of H-pyrrole nitrogens is 1. The number of carbonyl (C=O) groups is 2. The van der Waals surface area contributed by atoms with Gasteiger partial charge in [-0.25, -0.2) is 0 Å². The Morgan fingerprint density at radius 2 is 2.11 bits per heavy atom. The highest BCUT2D eigenvalue weighted by atomic mass is 16.2. The molecule has 2 amide bonds. The molecular weight excluding hydrogens is 234 g/mol. The van der Waals surface area contributed by atoms with E-state index < -0.39 is 17.9 Å². The van der Waals surface area contributed by atoms with E-state index >= 15 is 0 Å². The zero-order chi connectivity index (χ0) is 13.9. The lowest BCUT2D eigenvalue weighted by Crippen LogP contribution is -2.39. The Morgan fingerprint density at radius 1 is 1.50 bits per heavy atom. The highest BCUT2D eigenvalue weighted by Gasteiger charge is 2.20. The second-order valence-corrected chi connectivity index (χ2v) is 5.18. The normalized spacial score (nSPS) is 13.1. The van der Waals surface area contributed by atoms with Crippen LogP contribution in [0.15, 0.2) is 6.07 Å². The van der Waals surface area contributed by atoms with E-state index in [9.17, 15) is 9.59 Å². The van der Waals surface area contributed by atoms with E-state index in [0.717, 1.165) is 5.69 Å². The van der Waals surface area contributed by atoms with Crippen molar-refractivity contribution in [1.29, 1.82) is 0 Å². The first-order valence-electron chi connectivity index (χ1n) is 5.61. The number of primary amides is 1. The van der Waals surface area contributed by atoms with Crippen LogP contribution in [0.25, 0.3) is 0 Å². The molecule has 1 heterocycles. The van der Waals surface area contributed by atoms with Gasteiger partial charge in [0.05, 0.1) is 12.5 Å². The molecule has 18 heavy (non-hydrogen) atoms. The molecule has 1 rings (SSSR count). The van der Waals surface area contributed by atoms with Crippen LogP contribution in [0.4, 0.5) is 5.82 Å². The number of anilines is 1. The van der Waals surface area contributed by atoms with Gasteiger partial charge in [0.2, 0.25) is 11.8 Å². The lowest BCUT2D eigenvalue weighted by atomic mass is 9.92. The highest BCUT2D eigenvalue weighted by Crippen LogP contribution is 2.21. The van der Waals surface area contributed by atoms with Crippen LogP contribution in [0.1, 0.15) is 32.9 Å². The zero-order valence-electron chi connectivity index (χ0n) is 10.8. The molecule has 1 aromatic rings. The average Bonchev–Trinajstić information content (AvgIpc) is 2.64. The standard InChI is InChI=1S/C11H19N5O2/c1-11(2,3)7-5-9(16-15-7)14-10(18)6(12)4-8(13)17/h5-6H,4,12H2,1-3H3,(H2,13,17)(H2,14,15,16,18). The Kier molecular flexibility index (Phi) is 4.07. The molecule has 0 radical (unpaired) electrons. The number of rotatable bonds is 4. The molecule has 100 valence electrons. The van der Waals surface area contributed by atoms with E-state index in [1.54, 1.807) is 6.07 Å². The first-order valence-corrected chi connectivity index (χ1v) is 5.61. The molecule has 0 aliphatic carbocycles. The minimum Gasteiger partial charge on any atom is -0.370 e. The number of amides is 2. The summed E-state index contributed by atoms with van der Waals surface area (Å²) in [7, 11) is 0. The summed E-state index contributed by atoms with van der Waals surface area (Å²) >= 11 is 0. The zero-order valence-corrected chi connectivity index (χ0v) is 10.8. The van der Waals surface area contributed by atoms with Crippen molar-refractivity contribution < 1.29 is 9.59 Å². The number of nitrogens with zero attached hydrogens (tertiary/aromatic N) is 1. The number of nitrogens with one attached hydrogen (secondary N) is 2. The molecule has 0 aliphatic heterocycles. The van der Waals surface area contributed by atoms with E-state index in [2.05, 4.69) is 15.5 Å². The fourth-order valence-corrected chi connectivity index (χ4v) is 1.30. The maximum Gasteiger partial charge on any atom is 0.243 e.